The second-order valence-electron chi connectivity index (χ2n) is 8.40. The van der Waals surface area contributed by atoms with E-state index in [1.807, 2.05) is 30.3 Å². The van der Waals surface area contributed by atoms with Crippen molar-refractivity contribution in [2.24, 2.45) is 11.8 Å². The molecule has 1 saturated heterocycles. The van der Waals surface area contributed by atoms with E-state index in [9.17, 15) is 9.50 Å². The topological polar surface area (TPSA) is 67.3 Å². The monoisotopic (exact) mass is 409 g/mol. The number of para-hydroxylation sites is 1. The van der Waals surface area contributed by atoms with Gasteiger partial charge in [-0.1, -0.05) is 31.2 Å². The summed E-state index contributed by atoms with van der Waals surface area (Å²) in [6.45, 7) is 6.16. The summed E-state index contributed by atoms with van der Waals surface area (Å²) in [6.07, 6.45) is 3.11. The minimum atomic E-state index is -1.27. The summed E-state index contributed by atoms with van der Waals surface area (Å²) >= 11 is 0. The Labute approximate surface area is 176 Å². The number of aliphatic hydroxyl groups is 1. The Morgan fingerprint density at radius 3 is 2.87 bits per heavy atom. The standard InChI is InChI=1S/C24H28FN3O2/c1-16-15-30-10-9-18(16)14-27-24(2,29)22-12-19(11-17-7-8-23(25)26-13-17)20-5-3-4-6-21(20)28-22/h3-8,12-13,16,18,27,29H,9-11,14-15H2,1-2H3. The van der Waals surface area contributed by atoms with Gasteiger partial charge in [-0.25, -0.2) is 9.97 Å². The maximum absolute atomic E-state index is 13.2. The lowest BCUT2D eigenvalue weighted by Gasteiger charge is -2.33. The van der Waals surface area contributed by atoms with E-state index in [1.54, 1.807) is 19.2 Å². The number of nitrogens with one attached hydrogen (secondary N) is 1. The Balaban J connectivity index is 1.62. The van der Waals surface area contributed by atoms with Crippen molar-refractivity contribution in [1.82, 2.24) is 15.3 Å². The van der Waals surface area contributed by atoms with Gasteiger partial charge in [-0.15, -0.1) is 0 Å². The van der Waals surface area contributed by atoms with Crippen molar-refractivity contribution < 1.29 is 14.2 Å². The fourth-order valence-electron chi connectivity index (χ4n) is 4.02. The van der Waals surface area contributed by atoms with Gasteiger partial charge in [0.15, 0.2) is 5.72 Å². The van der Waals surface area contributed by atoms with Crippen LogP contribution in [-0.2, 0) is 16.9 Å². The van der Waals surface area contributed by atoms with Gasteiger partial charge in [0, 0.05) is 31.3 Å². The zero-order valence-electron chi connectivity index (χ0n) is 17.4. The highest BCUT2D eigenvalue weighted by atomic mass is 19.1. The van der Waals surface area contributed by atoms with Gasteiger partial charge in [-0.05, 0) is 60.9 Å². The Bertz CT molecular complexity index is 1010. The molecule has 1 aromatic carbocycles. The van der Waals surface area contributed by atoms with E-state index in [-0.39, 0.29) is 0 Å². The van der Waals surface area contributed by atoms with Crippen LogP contribution in [0.25, 0.3) is 10.9 Å². The fourth-order valence-corrected chi connectivity index (χ4v) is 4.02. The van der Waals surface area contributed by atoms with Gasteiger partial charge in [-0.2, -0.15) is 4.39 Å². The van der Waals surface area contributed by atoms with Gasteiger partial charge in [-0.3, -0.25) is 5.32 Å². The number of fused-ring (bicyclic) bond motifs is 1. The summed E-state index contributed by atoms with van der Waals surface area (Å²) < 4.78 is 18.7. The Morgan fingerprint density at radius 1 is 1.27 bits per heavy atom. The average molecular weight is 410 g/mol. The normalized spacial score (nSPS) is 21.5. The summed E-state index contributed by atoms with van der Waals surface area (Å²) in [4.78, 5) is 8.49. The highest BCUT2D eigenvalue weighted by Crippen LogP contribution is 2.27. The van der Waals surface area contributed by atoms with Crippen molar-refractivity contribution in [3.05, 3.63) is 71.4 Å². The third-order valence-electron chi connectivity index (χ3n) is 6.01. The lowest BCUT2D eigenvalue weighted by Crippen LogP contribution is -2.45. The summed E-state index contributed by atoms with van der Waals surface area (Å²) in [5.41, 5.74) is 2.05. The summed E-state index contributed by atoms with van der Waals surface area (Å²) in [7, 11) is 0. The molecule has 3 unspecified atom stereocenters. The molecule has 0 bridgehead atoms. The molecular formula is C24H28FN3O2. The molecule has 0 saturated carbocycles. The number of aromatic nitrogens is 2. The molecule has 5 nitrogen and oxygen atoms in total. The number of hydrogen-bond acceptors (Lipinski definition) is 5. The SMILES string of the molecule is CC1COCCC1CNC(C)(O)c1cc(Cc2ccc(F)nc2)c2ccccc2n1. The van der Waals surface area contributed by atoms with Gasteiger partial charge in [0.1, 0.15) is 0 Å². The van der Waals surface area contributed by atoms with Crippen molar-refractivity contribution in [2.75, 3.05) is 19.8 Å². The second kappa shape index (κ2) is 8.76. The van der Waals surface area contributed by atoms with Gasteiger partial charge in [0.2, 0.25) is 5.95 Å². The van der Waals surface area contributed by atoms with Crippen LogP contribution in [-0.4, -0.2) is 34.8 Å². The Morgan fingerprint density at radius 2 is 2.10 bits per heavy atom. The highest BCUT2D eigenvalue weighted by Gasteiger charge is 2.29. The molecule has 1 aliphatic rings. The van der Waals surface area contributed by atoms with Crippen LogP contribution in [0.3, 0.4) is 0 Å². The lowest BCUT2D eigenvalue weighted by molar-refractivity contribution is -0.0124. The van der Waals surface area contributed by atoms with E-state index in [4.69, 9.17) is 9.72 Å². The van der Waals surface area contributed by atoms with E-state index in [0.29, 0.717) is 30.5 Å². The molecule has 3 aromatic rings. The molecular weight excluding hydrogens is 381 g/mol. The van der Waals surface area contributed by atoms with Crippen molar-refractivity contribution in [3.8, 4) is 0 Å². The molecule has 158 valence electrons. The smallest absolute Gasteiger partial charge is 0.212 e. The zero-order valence-corrected chi connectivity index (χ0v) is 17.4. The molecule has 1 aliphatic heterocycles. The van der Waals surface area contributed by atoms with Crippen molar-refractivity contribution in [1.29, 1.82) is 0 Å². The molecule has 30 heavy (non-hydrogen) atoms. The number of benzene rings is 1. The third kappa shape index (κ3) is 4.67. The van der Waals surface area contributed by atoms with Crippen LogP contribution in [0.15, 0.2) is 48.7 Å². The predicted octanol–water partition coefficient (Wildman–Crippen LogP) is 3.79. The molecule has 0 spiro atoms. The van der Waals surface area contributed by atoms with Gasteiger partial charge in [0.25, 0.3) is 0 Å². The molecule has 0 amide bonds. The molecule has 0 radical (unpaired) electrons. The zero-order chi connectivity index (χ0) is 21.1. The van der Waals surface area contributed by atoms with Gasteiger partial charge >= 0.3 is 0 Å². The summed E-state index contributed by atoms with van der Waals surface area (Å²) in [5, 5.41) is 15.5. The molecule has 2 N–H and O–H groups in total. The first-order valence-electron chi connectivity index (χ1n) is 10.5. The number of nitrogens with zero attached hydrogens (tertiary/aromatic N) is 2. The average Bonchev–Trinajstić information content (AvgIpc) is 2.75. The highest BCUT2D eigenvalue weighted by molar-refractivity contribution is 5.82. The van der Waals surface area contributed by atoms with Crippen LogP contribution < -0.4 is 5.32 Å². The van der Waals surface area contributed by atoms with E-state index in [1.165, 1.54) is 6.07 Å². The molecule has 0 aliphatic carbocycles. The number of pyridine rings is 2. The minimum absolute atomic E-state index is 0.452. The largest absolute Gasteiger partial charge is 0.381 e. The molecule has 3 atom stereocenters. The Hall–Kier alpha value is -2.41. The lowest BCUT2D eigenvalue weighted by atomic mass is 9.89. The molecule has 2 aromatic heterocycles. The predicted molar refractivity (Wildman–Crippen MR) is 114 cm³/mol. The fraction of sp³-hybridized carbons (Fsp3) is 0.417. The molecule has 3 heterocycles. The molecule has 4 rings (SSSR count). The number of ether oxygens (including phenoxy) is 1. The van der Waals surface area contributed by atoms with Crippen LogP contribution in [0.5, 0.6) is 0 Å². The summed E-state index contributed by atoms with van der Waals surface area (Å²) in [5.74, 6) is 0.414. The van der Waals surface area contributed by atoms with E-state index in [2.05, 4.69) is 17.2 Å². The molecule has 6 heteroatoms. The van der Waals surface area contributed by atoms with Crippen molar-refractivity contribution in [3.63, 3.8) is 0 Å². The minimum Gasteiger partial charge on any atom is -0.381 e. The van der Waals surface area contributed by atoms with Crippen LogP contribution in [0.2, 0.25) is 0 Å². The number of halogens is 1. The van der Waals surface area contributed by atoms with Crippen LogP contribution in [0.1, 0.15) is 37.1 Å². The van der Waals surface area contributed by atoms with Crippen LogP contribution >= 0.6 is 0 Å². The first kappa shape index (κ1) is 20.8. The second-order valence-corrected chi connectivity index (χ2v) is 8.40. The van der Waals surface area contributed by atoms with Gasteiger partial charge in [0.05, 0.1) is 11.2 Å². The quantitative estimate of drug-likeness (QED) is 0.479. The van der Waals surface area contributed by atoms with Crippen LogP contribution in [0, 0.1) is 17.8 Å². The maximum Gasteiger partial charge on any atom is 0.212 e. The van der Waals surface area contributed by atoms with E-state index >= 15 is 0 Å². The van der Waals surface area contributed by atoms with Gasteiger partial charge < -0.3 is 9.84 Å². The number of hydrogen-bond donors (Lipinski definition) is 2. The van der Waals surface area contributed by atoms with E-state index < -0.39 is 11.7 Å². The first-order valence-corrected chi connectivity index (χ1v) is 10.5. The number of rotatable bonds is 6. The van der Waals surface area contributed by atoms with E-state index in [0.717, 1.165) is 41.7 Å². The third-order valence-corrected chi connectivity index (χ3v) is 6.01. The Kier molecular flexibility index (Phi) is 6.09. The first-order chi connectivity index (χ1) is 14.4. The molecule has 1 fully saturated rings. The van der Waals surface area contributed by atoms with Crippen LogP contribution in [0.4, 0.5) is 4.39 Å². The van der Waals surface area contributed by atoms with Crippen molar-refractivity contribution >= 4 is 10.9 Å². The van der Waals surface area contributed by atoms with Crippen molar-refractivity contribution in [2.45, 2.75) is 32.4 Å². The maximum atomic E-state index is 13.2. The summed E-state index contributed by atoms with van der Waals surface area (Å²) in [6, 6.07) is 12.9.